The van der Waals surface area contributed by atoms with Crippen LogP contribution in [0.25, 0.3) is 0 Å². The molecule has 0 aromatic carbocycles. The summed E-state index contributed by atoms with van der Waals surface area (Å²) in [5.41, 5.74) is 0. The summed E-state index contributed by atoms with van der Waals surface area (Å²) in [5, 5.41) is -1.95. The zero-order valence-corrected chi connectivity index (χ0v) is 23.5. The fourth-order valence-electron chi connectivity index (χ4n) is 4.05. The SMILES string of the molecule is C=CCCOC(=O)CC(C(=O)OCCCCCCCCCCCCCCCCCCCC)S(=O)(=O)O. The lowest BCUT2D eigenvalue weighted by atomic mass is 10.0. The minimum Gasteiger partial charge on any atom is -0.465 e. The Bertz CT molecular complexity index is 661. The smallest absolute Gasteiger partial charge is 0.327 e. The van der Waals surface area contributed by atoms with Crippen molar-refractivity contribution in [3.8, 4) is 0 Å². The van der Waals surface area contributed by atoms with E-state index in [4.69, 9.17) is 9.47 Å². The molecule has 0 bridgehead atoms. The van der Waals surface area contributed by atoms with E-state index in [1.54, 1.807) is 6.08 Å². The van der Waals surface area contributed by atoms with E-state index < -0.39 is 33.7 Å². The Labute approximate surface area is 220 Å². The summed E-state index contributed by atoms with van der Waals surface area (Å²) in [6.45, 7) is 5.84. The number of esters is 2. The molecule has 7 nitrogen and oxygen atoms in total. The Morgan fingerprint density at radius 2 is 1.14 bits per heavy atom. The van der Waals surface area contributed by atoms with Crippen molar-refractivity contribution in [1.29, 1.82) is 0 Å². The number of carbonyl (C=O) groups is 2. The zero-order valence-electron chi connectivity index (χ0n) is 22.7. The Balaban J connectivity index is 3.64. The fraction of sp³-hybridized carbons (Fsp3) is 0.857. The molecule has 0 rings (SSSR count). The van der Waals surface area contributed by atoms with Crippen LogP contribution in [0.4, 0.5) is 0 Å². The third-order valence-electron chi connectivity index (χ3n) is 6.30. The lowest BCUT2D eigenvalue weighted by Crippen LogP contribution is -2.34. The highest BCUT2D eigenvalue weighted by molar-refractivity contribution is 7.87. The van der Waals surface area contributed by atoms with Crippen LogP contribution in [0.15, 0.2) is 12.7 Å². The van der Waals surface area contributed by atoms with Crippen LogP contribution in [0.3, 0.4) is 0 Å². The molecule has 0 aromatic heterocycles. The normalized spacial score (nSPS) is 12.3. The molecular weight excluding hydrogens is 480 g/mol. The lowest BCUT2D eigenvalue weighted by Gasteiger charge is -2.13. The van der Waals surface area contributed by atoms with Gasteiger partial charge in [0.15, 0.2) is 5.25 Å². The first-order valence-corrected chi connectivity index (χ1v) is 15.7. The second-order valence-electron chi connectivity index (χ2n) is 9.68. The van der Waals surface area contributed by atoms with E-state index in [0.29, 0.717) is 12.8 Å². The maximum absolute atomic E-state index is 12.1. The number of hydrogen-bond acceptors (Lipinski definition) is 6. The summed E-state index contributed by atoms with van der Waals surface area (Å²) in [7, 11) is -4.76. The summed E-state index contributed by atoms with van der Waals surface area (Å²) in [6, 6.07) is 0. The van der Waals surface area contributed by atoms with Crippen molar-refractivity contribution in [3.05, 3.63) is 12.7 Å². The molecule has 0 aliphatic heterocycles. The first kappa shape index (κ1) is 34.6. The summed E-state index contributed by atoms with van der Waals surface area (Å²) in [4.78, 5) is 23.7. The van der Waals surface area contributed by atoms with Gasteiger partial charge in [-0.15, -0.1) is 6.58 Å². The molecule has 0 amide bonds. The van der Waals surface area contributed by atoms with Crippen LogP contribution in [0.5, 0.6) is 0 Å². The highest BCUT2D eigenvalue weighted by Gasteiger charge is 2.35. The standard InChI is InChI=1S/C28H52O7S/c1-3-5-7-8-9-10-11-12-13-14-15-16-17-18-19-20-21-22-24-35-28(30)26(36(31,32)33)25-27(29)34-23-6-4-2/h4,26H,2-3,5-25H2,1H3,(H,31,32,33). The van der Waals surface area contributed by atoms with Gasteiger partial charge in [-0.3, -0.25) is 14.1 Å². The van der Waals surface area contributed by atoms with E-state index in [9.17, 15) is 22.6 Å². The lowest BCUT2D eigenvalue weighted by molar-refractivity contribution is -0.150. The second-order valence-corrected chi connectivity index (χ2v) is 11.3. The first-order valence-electron chi connectivity index (χ1n) is 14.2. The molecule has 0 saturated carbocycles. The maximum atomic E-state index is 12.1. The molecule has 8 heteroatoms. The average Bonchev–Trinajstić information content (AvgIpc) is 2.83. The molecule has 0 saturated heterocycles. The van der Waals surface area contributed by atoms with Crippen LogP contribution in [-0.4, -0.2) is 43.4 Å². The molecule has 0 aliphatic carbocycles. The van der Waals surface area contributed by atoms with Crippen molar-refractivity contribution >= 4 is 22.1 Å². The molecule has 36 heavy (non-hydrogen) atoms. The monoisotopic (exact) mass is 532 g/mol. The Hall–Kier alpha value is -1.41. The molecule has 1 atom stereocenters. The zero-order chi connectivity index (χ0) is 26.9. The first-order chi connectivity index (χ1) is 17.3. The molecule has 0 heterocycles. The van der Waals surface area contributed by atoms with Gasteiger partial charge in [0.05, 0.1) is 19.6 Å². The van der Waals surface area contributed by atoms with Gasteiger partial charge in [-0.1, -0.05) is 122 Å². The highest BCUT2D eigenvalue weighted by Crippen LogP contribution is 2.15. The van der Waals surface area contributed by atoms with Gasteiger partial charge >= 0.3 is 11.9 Å². The van der Waals surface area contributed by atoms with Crippen LogP contribution in [0, 0.1) is 0 Å². The summed E-state index contributed by atoms with van der Waals surface area (Å²) in [5.74, 6) is -2.00. The van der Waals surface area contributed by atoms with Crippen molar-refractivity contribution in [3.63, 3.8) is 0 Å². The fourth-order valence-corrected chi connectivity index (χ4v) is 4.70. The quantitative estimate of drug-likeness (QED) is 0.0537. The number of hydrogen-bond donors (Lipinski definition) is 1. The number of unbranched alkanes of at least 4 members (excludes halogenated alkanes) is 17. The largest absolute Gasteiger partial charge is 0.465 e. The van der Waals surface area contributed by atoms with Crippen molar-refractivity contribution in [2.75, 3.05) is 13.2 Å². The number of ether oxygens (including phenoxy) is 2. The van der Waals surface area contributed by atoms with Gasteiger partial charge in [0.25, 0.3) is 10.1 Å². The van der Waals surface area contributed by atoms with E-state index in [1.807, 2.05) is 0 Å². The molecule has 1 N–H and O–H groups in total. The minimum absolute atomic E-state index is 0.0366. The number of rotatable bonds is 26. The summed E-state index contributed by atoms with van der Waals surface area (Å²) >= 11 is 0. The molecule has 0 fully saturated rings. The predicted octanol–water partition coefficient (Wildman–Crippen LogP) is 7.34. The molecular formula is C28H52O7S. The Morgan fingerprint density at radius 3 is 1.53 bits per heavy atom. The third kappa shape index (κ3) is 21.8. The van der Waals surface area contributed by atoms with Gasteiger partial charge in [-0.2, -0.15) is 8.42 Å². The molecule has 0 aliphatic rings. The second kappa shape index (κ2) is 24.0. The van der Waals surface area contributed by atoms with E-state index >= 15 is 0 Å². The molecule has 0 spiro atoms. The van der Waals surface area contributed by atoms with Crippen molar-refractivity contribution in [1.82, 2.24) is 0 Å². The minimum atomic E-state index is -4.76. The Kier molecular flexibility index (Phi) is 23.0. The molecule has 0 radical (unpaired) electrons. The molecule has 0 aromatic rings. The average molecular weight is 533 g/mol. The predicted molar refractivity (Wildman–Crippen MR) is 145 cm³/mol. The van der Waals surface area contributed by atoms with E-state index in [2.05, 4.69) is 13.5 Å². The van der Waals surface area contributed by atoms with Crippen LogP contribution in [0.2, 0.25) is 0 Å². The van der Waals surface area contributed by atoms with E-state index in [0.717, 1.165) is 19.3 Å². The van der Waals surface area contributed by atoms with Crippen molar-refractivity contribution in [2.45, 2.75) is 141 Å². The maximum Gasteiger partial charge on any atom is 0.327 e. The van der Waals surface area contributed by atoms with Gasteiger partial charge in [0.1, 0.15) is 0 Å². The highest BCUT2D eigenvalue weighted by atomic mass is 32.2. The number of carbonyl (C=O) groups excluding carboxylic acids is 2. The molecule has 212 valence electrons. The van der Waals surface area contributed by atoms with E-state index in [1.165, 1.54) is 89.9 Å². The van der Waals surface area contributed by atoms with Crippen molar-refractivity contribution in [2.24, 2.45) is 0 Å². The van der Waals surface area contributed by atoms with Crippen LogP contribution in [-0.2, 0) is 29.2 Å². The molecule has 1 unspecified atom stereocenters. The van der Waals surface area contributed by atoms with Gasteiger partial charge in [-0.25, -0.2) is 0 Å². The summed E-state index contributed by atoms with van der Waals surface area (Å²) < 4.78 is 42.0. The topological polar surface area (TPSA) is 107 Å². The third-order valence-corrected chi connectivity index (χ3v) is 7.38. The van der Waals surface area contributed by atoms with Crippen LogP contribution < -0.4 is 0 Å². The van der Waals surface area contributed by atoms with Gasteiger partial charge in [-0.05, 0) is 12.8 Å². The Morgan fingerprint density at radius 1 is 0.722 bits per heavy atom. The van der Waals surface area contributed by atoms with Crippen molar-refractivity contribution < 1.29 is 32.0 Å². The van der Waals surface area contributed by atoms with Crippen LogP contribution >= 0.6 is 0 Å². The van der Waals surface area contributed by atoms with Gasteiger partial charge in [0.2, 0.25) is 0 Å². The van der Waals surface area contributed by atoms with Gasteiger partial charge < -0.3 is 9.47 Å². The van der Waals surface area contributed by atoms with Crippen LogP contribution in [0.1, 0.15) is 135 Å². The summed E-state index contributed by atoms with van der Waals surface area (Å²) in [6.07, 6.45) is 23.7. The van der Waals surface area contributed by atoms with E-state index in [-0.39, 0.29) is 13.2 Å². The van der Waals surface area contributed by atoms with Gasteiger partial charge in [0, 0.05) is 0 Å².